The normalized spacial score (nSPS) is 10.7. The highest BCUT2D eigenvalue weighted by molar-refractivity contribution is 7.21. The zero-order chi connectivity index (χ0) is 21.1. The van der Waals surface area contributed by atoms with E-state index in [0.29, 0.717) is 22.6 Å². The van der Waals surface area contributed by atoms with Crippen LogP contribution in [-0.4, -0.2) is 23.3 Å². The summed E-state index contributed by atoms with van der Waals surface area (Å²) >= 11 is 1.40. The van der Waals surface area contributed by atoms with Gasteiger partial charge in [0.1, 0.15) is 11.6 Å². The second kappa shape index (κ2) is 8.41. The molecule has 7 heteroatoms. The number of nitrogens with zero attached hydrogens (tertiary/aromatic N) is 1. The predicted molar refractivity (Wildman–Crippen MR) is 111 cm³/mol. The van der Waals surface area contributed by atoms with Gasteiger partial charge in [0.15, 0.2) is 6.61 Å². The third kappa shape index (κ3) is 4.13. The number of aryl methyl sites for hydroxylation is 2. The Morgan fingerprint density at radius 3 is 2.59 bits per heavy atom. The van der Waals surface area contributed by atoms with Gasteiger partial charge in [0.2, 0.25) is 5.78 Å². The number of pyridine rings is 1. The van der Waals surface area contributed by atoms with Gasteiger partial charge in [-0.15, -0.1) is 11.3 Å². The number of aromatic nitrogens is 1. The lowest BCUT2D eigenvalue weighted by Crippen LogP contribution is -2.18. The van der Waals surface area contributed by atoms with E-state index in [-0.39, 0.29) is 24.4 Å². The molecule has 1 N–H and O–H groups in total. The fourth-order valence-corrected chi connectivity index (χ4v) is 4.50. The Labute approximate surface area is 171 Å². The summed E-state index contributed by atoms with van der Waals surface area (Å²) < 4.78 is 6.20. The number of ketones is 1. The molecule has 0 saturated carbocycles. The molecule has 0 aliphatic carbocycles. The molecular formula is C22H20N2O4S. The van der Waals surface area contributed by atoms with Crippen LogP contribution in [0, 0.1) is 32.1 Å². The number of esters is 1. The maximum atomic E-state index is 12.5. The standard InChI is InChI=1S/C22H20N2O4S/c1-12-15(14(3)24-22(27)17(12)10-23)8-9-20(26)28-11-18(25)21-13(2)16-6-4-5-7-19(16)29-21/h4-7H,8-9,11H2,1-3H3,(H,24,27). The van der Waals surface area contributed by atoms with Crippen molar-refractivity contribution in [1.82, 2.24) is 4.98 Å². The first-order chi connectivity index (χ1) is 13.8. The number of nitriles is 1. The number of ether oxygens (including phenoxy) is 1. The van der Waals surface area contributed by atoms with Crippen LogP contribution in [0.2, 0.25) is 0 Å². The minimum atomic E-state index is -0.499. The van der Waals surface area contributed by atoms with Crippen LogP contribution in [0.1, 0.15) is 44.0 Å². The van der Waals surface area contributed by atoms with Crippen LogP contribution in [0.25, 0.3) is 10.1 Å². The molecule has 0 unspecified atom stereocenters. The number of fused-ring (bicyclic) bond motifs is 1. The van der Waals surface area contributed by atoms with Gasteiger partial charge in [-0.05, 0) is 55.3 Å². The molecule has 0 aliphatic heterocycles. The van der Waals surface area contributed by atoms with Gasteiger partial charge in [0.25, 0.3) is 5.56 Å². The quantitative estimate of drug-likeness (QED) is 0.495. The molecule has 6 nitrogen and oxygen atoms in total. The summed E-state index contributed by atoms with van der Waals surface area (Å²) in [6.45, 7) is 5.00. The van der Waals surface area contributed by atoms with Gasteiger partial charge in [0, 0.05) is 16.8 Å². The van der Waals surface area contributed by atoms with E-state index in [9.17, 15) is 14.4 Å². The van der Waals surface area contributed by atoms with E-state index in [1.165, 1.54) is 11.3 Å². The van der Waals surface area contributed by atoms with Crippen LogP contribution < -0.4 is 5.56 Å². The third-order valence-corrected chi connectivity index (χ3v) is 6.27. The lowest BCUT2D eigenvalue weighted by molar-refractivity contribution is -0.142. The average molecular weight is 408 g/mol. The highest BCUT2D eigenvalue weighted by atomic mass is 32.1. The monoisotopic (exact) mass is 408 g/mol. The highest BCUT2D eigenvalue weighted by Gasteiger charge is 2.18. The summed E-state index contributed by atoms with van der Waals surface area (Å²) in [5.41, 5.74) is 2.45. The molecule has 3 aromatic rings. The van der Waals surface area contributed by atoms with E-state index in [2.05, 4.69) is 4.98 Å². The van der Waals surface area contributed by atoms with Crippen LogP contribution in [0.3, 0.4) is 0 Å². The van der Waals surface area contributed by atoms with Crippen LogP contribution in [0.5, 0.6) is 0 Å². The Hall–Kier alpha value is -3.24. The first-order valence-electron chi connectivity index (χ1n) is 9.13. The predicted octanol–water partition coefficient (Wildman–Crippen LogP) is 3.75. The number of Topliss-reactive ketones (excluding diaryl/α,β-unsaturated/α-hetero) is 1. The van der Waals surface area contributed by atoms with Crippen LogP contribution in [-0.2, 0) is 16.0 Å². The fourth-order valence-electron chi connectivity index (χ4n) is 3.37. The Balaban J connectivity index is 1.63. The maximum absolute atomic E-state index is 12.5. The van der Waals surface area contributed by atoms with Crippen molar-refractivity contribution in [2.24, 2.45) is 0 Å². The second-order valence-electron chi connectivity index (χ2n) is 6.81. The van der Waals surface area contributed by atoms with Crippen molar-refractivity contribution in [1.29, 1.82) is 5.26 Å². The molecule has 0 fully saturated rings. The number of carbonyl (C=O) groups excluding carboxylic acids is 2. The molecular weight excluding hydrogens is 388 g/mol. The van der Waals surface area contributed by atoms with Gasteiger partial charge < -0.3 is 9.72 Å². The Morgan fingerprint density at radius 1 is 1.17 bits per heavy atom. The Bertz CT molecular complexity index is 1210. The number of carbonyl (C=O) groups is 2. The summed E-state index contributed by atoms with van der Waals surface area (Å²) in [4.78, 5) is 39.7. The molecule has 148 valence electrons. The SMILES string of the molecule is Cc1[nH]c(=O)c(C#N)c(C)c1CCC(=O)OCC(=O)c1sc2ccccc2c1C. The lowest BCUT2D eigenvalue weighted by atomic mass is 9.99. The van der Waals surface area contributed by atoms with Crippen molar-refractivity contribution in [2.45, 2.75) is 33.6 Å². The lowest BCUT2D eigenvalue weighted by Gasteiger charge is -2.10. The Kier molecular flexibility index (Phi) is 5.95. The zero-order valence-corrected chi connectivity index (χ0v) is 17.2. The summed E-state index contributed by atoms with van der Waals surface area (Å²) in [6, 6.07) is 9.66. The molecule has 0 spiro atoms. The van der Waals surface area contributed by atoms with Gasteiger partial charge in [0.05, 0.1) is 4.88 Å². The van der Waals surface area contributed by atoms with E-state index >= 15 is 0 Å². The molecule has 2 aromatic heterocycles. The smallest absolute Gasteiger partial charge is 0.306 e. The summed E-state index contributed by atoms with van der Waals surface area (Å²) in [7, 11) is 0. The number of benzene rings is 1. The van der Waals surface area contributed by atoms with Crippen molar-refractivity contribution in [3.8, 4) is 6.07 Å². The van der Waals surface area contributed by atoms with Gasteiger partial charge in [-0.1, -0.05) is 18.2 Å². The third-order valence-electron chi connectivity index (χ3n) is 4.96. The first-order valence-corrected chi connectivity index (χ1v) is 9.94. The highest BCUT2D eigenvalue weighted by Crippen LogP contribution is 2.30. The van der Waals surface area contributed by atoms with Crippen molar-refractivity contribution in [3.63, 3.8) is 0 Å². The summed E-state index contributed by atoms with van der Waals surface area (Å²) in [5, 5.41) is 10.2. The maximum Gasteiger partial charge on any atom is 0.306 e. The molecule has 1 aromatic carbocycles. The average Bonchev–Trinajstić information content (AvgIpc) is 3.03. The minimum Gasteiger partial charge on any atom is -0.457 e. The van der Waals surface area contributed by atoms with Crippen molar-refractivity contribution in [2.75, 3.05) is 6.61 Å². The molecule has 2 heterocycles. The molecule has 0 radical (unpaired) electrons. The van der Waals surface area contributed by atoms with E-state index in [1.54, 1.807) is 13.8 Å². The van der Waals surface area contributed by atoms with Gasteiger partial charge in [-0.25, -0.2) is 0 Å². The Morgan fingerprint density at radius 2 is 1.90 bits per heavy atom. The number of thiophene rings is 1. The fraction of sp³-hybridized carbons (Fsp3) is 0.273. The number of rotatable bonds is 6. The molecule has 0 amide bonds. The van der Waals surface area contributed by atoms with Crippen LogP contribution >= 0.6 is 11.3 Å². The molecule has 0 bridgehead atoms. The van der Waals surface area contributed by atoms with E-state index < -0.39 is 11.5 Å². The minimum absolute atomic E-state index is 0.0504. The van der Waals surface area contributed by atoms with Crippen LogP contribution in [0.15, 0.2) is 29.1 Å². The molecule has 0 saturated heterocycles. The number of nitrogens with one attached hydrogen (secondary N) is 1. The number of H-pyrrole nitrogens is 1. The van der Waals surface area contributed by atoms with Crippen molar-refractivity contribution < 1.29 is 14.3 Å². The first kappa shape index (κ1) is 20.5. The van der Waals surface area contributed by atoms with E-state index in [1.807, 2.05) is 37.3 Å². The molecule has 29 heavy (non-hydrogen) atoms. The van der Waals surface area contributed by atoms with Gasteiger partial charge in [-0.3, -0.25) is 14.4 Å². The number of aromatic amines is 1. The zero-order valence-electron chi connectivity index (χ0n) is 16.4. The van der Waals surface area contributed by atoms with Gasteiger partial charge >= 0.3 is 5.97 Å². The molecule has 0 aliphatic rings. The summed E-state index contributed by atoms with van der Waals surface area (Å²) in [5.74, 6) is -0.721. The van der Waals surface area contributed by atoms with Gasteiger partial charge in [-0.2, -0.15) is 5.26 Å². The molecule has 0 atom stereocenters. The molecule has 3 rings (SSSR count). The topological polar surface area (TPSA) is 100 Å². The van der Waals surface area contributed by atoms with Crippen molar-refractivity contribution in [3.05, 3.63) is 67.4 Å². The van der Waals surface area contributed by atoms with Crippen molar-refractivity contribution >= 4 is 33.2 Å². The second-order valence-corrected chi connectivity index (χ2v) is 7.86. The van der Waals surface area contributed by atoms with Crippen LogP contribution in [0.4, 0.5) is 0 Å². The summed E-state index contributed by atoms with van der Waals surface area (Å²) in [6.07, 6.45) is 0.370. The largest absolute Gasteiger partial charge is 0.457 e. The van der Waals surface area contributed by atoms with E-state index in [4.69, 9.17) is 10.00 Å². The number of hydrogen-bond acceptors (Lipinski definition) is 6. The number of hydrogen-bond donors (Lipinski definition) is 1. The van der Waals surface area contributed by atoms with E-state index in [0.717, 1.165) is 21.2 Å².